The molecule has 12 rings (SSSR count). The van der Waals surface area contributed by atoms with E-state index in [0.29, 0.717) is 5.82 Å². The van der Waals surface area contributed by atoms with Crippen LogP contribution in [0.2, 0.25) is 0 Å². The molecular formula is C57H35N3O2. The molecule has 62 heavy (non-hydrogen) atoms. The van der Waals surface area contributed by atoms with Crippen molar-refractivity contribution in [1.82, 2.24) is 15.0 Å². The van der Waals surface area contributed by atoms with Gasteiger partial charge in [-0.25, -0.2) is 9.97 Å². The van der Waals surface area contributed by atoms with Crippen LogP contribution in [0.3, 0.4) is 0 Å². The van der Waals surface area contributed by atoms with Crippen molar-refractivity contribution in [3.8, 4) is 78.4 Å². The number of furan rings is 2. The topological polar surface area (TPSA) is 65.0 Å². The van der Waals surface area contributed by atoms with Crippen molar-refractivity contribution in [2.75, 3.05) is 0 Å². The SMILES string of the molecule is c1ccc(-c2cc(-c3ccc(-c4ccc(-c5ccc6c(c5)oc5ccccc56)c5oc6ccccc6c45)cc3)nc(-c3ccc(-c4ccc(-c5cccnc5)cc4)cc3)n2)cc1. The van der Waals surface area contributed by atoms with Gasteiger partial charge in [-0.05, 0) is 81.4 Å². The van der Waals surface area contributed by atoms with Gasteiger partial charge < -0.3 is 8.83 Å². The summed E-state index contributed by atoms with van der Waals surface area (Å²) >= 11 is 0. The quantitative estimate of drug-likeness (QED) is 0.161. The molecule has 0 amide bonds. The molecule has 8 aromatic carbocycles. The lowest BCUT2D eigenvalue weighted by atomic mass is 9.93. The lowest BCUT2D eigenvalue weighted by Crippen LogP contribution is -1.96. The van der Waals surface area contributed by atoms with E-state index in [2.05, 4.69) is 151 Å². The van der Waals surface area contributed by atoms with E-state index in [0.717, 1.165) is 116 Å². The highest BCUT2D eigenvalue weighted by molar-refractivity contribution is 6.17. The number of para-hydroxylation sites is 2. The van der Waals surface area contributed by atoms with Crippen molar-refractivity contribution < 1.29 is 8.83 Å². The largest absolute Gasteiger partial charge is 0.456 e. The van der Waals surface area contributed by atoms with Crippen LogP contribution in [0.1, 0.15) is 0 Å². The zero-order valence-corrected chi connectivity index (χ0v) is 33.4. The van der Waals surface area contributed by atoms with E-state index in [1.807, 2.05) is 60.8 Å². The van der Waals surface area contributed by atoms with Gasteiger partial charge >= 0.3 is 0 Å². The fourth-order valence-corrected chi connectivity index (χ4v) is 8.69. The van der Waals surface area contributed by atoms with E-state index in [9.17, 15) is 0 Å². The van der Waals surface area contributed by atoms with Crippen LogP contribution in [-0.2, 0) is 0 Å². The van der Waals surface area contributed by atoms with Crippen LogP contribution >= 0.6 is 0 Å². The van der Waals surface area contributed by atoms with E-state index in [4.69, 9.17) is 18.8 Å². The van der Waals surface area contributed by atoms with Crippen molar-refractivity contribution >= 4 is 43.9 Å². The molecule has 0 saturated heterocycles. The van der Waals surface area contributed by atoms with Crippen LogP contribution in [0.15, 0.2) is 221 Å². The molecule has 0 N–H and O–H groups in total. The molecule has 0 atom stereocenters. The first-order chi connectivity index (χ1) is 30.7. The summed E-state index contributed by atoms with van der Waals surface area (Å²) in [6, 6.07) is 69.5. The molecule has 5 nitrogen and oxygen atoms in total. The van der Waals surface area contributed by atoms with Gasteiger partial charge in [0.1, 0.15) is 22.3 Å². The lowest BCUT2D eigenvalue weighted by molar-refractivity contribution is 0.668. The fourth-order valence-electron chi connectivity index (χ4n) is 8.69. The zero-order chi connectivity index (χ0) is 41.0. The van der Waals surface area contributed by atoms with Crippen molar-refractivity contribution in [2.45, 2.75) is 0 Å². The third-order valence-electron chi connectivity index (χ3n) is 11.9. The molecule has 0 radical (unpaired) electrons. The van der Waals surface area contributed by atoms with Crippen molar-refractivity contribution in [3.63, 3.8) is 0 Å². The molecule has 0 bridgehead atoms. The van der Waals surface area contributed by atoms with Crippen LogP contribution in [0.4, 0.5) is 0 Å². The van der Waals surface area contributed by atoms with Gasteiger partial charge in [0.05, 0.1) is 11.4 Å². The summed E-state index contributed by atoms with van der Waals surface area (Å²) in [6.45, 7) is 0. The molecule has 5 heteroatoms. The molecule has 0 spiro atoms. The lowest BCUT2D eigenvalue weighted by Gasteiger charge is -2.12. The maximum Gasteiger partial charge on any atom is 0.160 e. The molecule has 290 valence electrons. The minimum absolute atomic E-state index is 0.673. The Morgan fingerprint density at radius 1 is 0.323 bits per heavy atom. The predicted molar refractivity (Wildman–Crippen MR) is 252 cm³/mol. The third-order valence-corrected chi connectivity index (χ3v) is 11.9. The summed E-state index contributed by atoms with van der Waals surface area (Å²) in [7, 11) is 0. The van der Waals surface area contributed by atoms with Gasteiger partial charge in [-0.15, -0.1) is 0 Å². The van der Waals surface area contributed by atoms with Gasteiger partial charge in [0.2, 0.25) is 0 Å². The average Bonchev–Trinajstić information content (AvgIpc) is 3.93. The molecule has 0 aliphatic heterocycles. The standard InChI is InChI=1S/C57H35N3O2/c1-2-9-40(10-3-1)50-34-51(60-57(59-50)42-26-20-37(21-27-42)36-16-18-38(19-17-36)44-11-8-32-58-35-44)41-24-22-39(23-25-41)45-30-31-46(56-55(45)49-13-5-7-15-53(49)62-56)43-28-29-48-47-12-4-6-14-52(47)61-54(48)33-43/h1-35H. The highest BCUT2D eigenvalue weighted by atomic mass is 16.3. The van der Waals surface area contributed by atoms with Gasteiger partial charge in [0.25, 0.3) is 0 Å². The summed E-state index contributed by atoms with van der Waals surface area (Å²) < 4.78 is 13.0. The zero-order valence-electron chi connectivity index (χ0n) is 33.4. The van der Waals surface area contributed by atoms with E-state index in [1.54, 1.807) is 6.20 Å². The van der Waals surface area contributed by atoms with Crippen molar-refractivity contribution in [3.05, 3.63) is 213 Å². The van der Waals surface area contributed by atoms with Gasteiger partial charge in [-0.1, -0.05) is 158 Å². The van der Waals surface area contributed by atoms with Gasteiger partial charge in [0.15, 0.2) is 5.82 Å². The number of fused-ring (bicyclic) bond motifs is 6. The molecule has 0 aliphatic rings. The van der Waals surface area contributed by atoms with Gasteiger partial charge in [-0.2, -0.15) is 0 Å². The first kappa shape index (κ1) is 35.5. The molecule has 0 unspecified atom stereocenters. The highest BCUT2D eigenvalue weighted by Gasteiger charge is 2.19. The number of rotatable bonds is 7. The molecule has 12 aromatic rings. The van der Waals surface area contributed by atoms with Crippen LogP contribution in [0.25, 0.3) is 122 Å². The summed E-state index contributed by atoms with van der Waals surface area (Å²) in [5.41, 5.74) is 16.9. The Balaban J connectivity index is 0.906. The van der Waals surface area contributed by atoms with Crippen LogP contribution in [-0.4, -0.2) is 15.0 Å². The van der Waals surface area contributed by atoms with E-state index < -0.39 is 0 Å². The number of aromatic nitrogens is 3. The molecule has 4 aromatic heterocycles. The summed E-state index contributed by atoms with van der Waals surface area (Å²) in [4.78, 5) is 14.5. The fraction of sp³-hybridized carbons (Fsp3) is 0. The maximum absolute atomic E-state index is 6.68. The molecule has 0 saturated carbocycles. The number of nitrogens with zero attached hydrogens (tertiary/aromatic N) is 3. The molecule has 4 heterocycles. The number of hydrogen-bond donors (Lipinski definition) is 0. The summed E-state index contributed by atoms with van der Waals surface area (Å²) in [6.07, 6.45) is 3.69. The normalized spacial score (nSPS) is 11.5. The predicted octanol–water partition coefficient (Wildman–Crippen LogP) is 15.3. The first-order valence-electron chi connectivity index (χ1n) is 20.7. The summed E-state index contributed by atoms with van der Waals surface area (Å²) in [5.74, 6) is 0.673. The second-order valence-electron chi connectivity index (χ2n) is 15.6. The van der Waals surface area contributed by atoms with E-state index >= 15 is 0 Å². The molecule has 0 aliphatic carbocycles. The van der Waals surface area contributed by atoms with E-state index in [-0.39, 0.29) is 0 Å². The minimum Gasteiger partial charge on any atom is -0.456 e. The number of hydrogen-bond acceptors (Lipinski definition) is 5. The Bertz CT molecular complexity index is 3590. The minimum atomic E-state index is 0.673. The number of pyridine rings is 1. The van der Waals surface area contributed by atoms with Crippen molar-refractivity contribution in [2.24, 2.45) is 0 Å². The van der Waals surface area contributed by atoms with Gasteiger partial charge in [-0.3, -0.25) is 4.98 Å². The van der Waals surface area contributed by atoms with Crippen molar-refractivity contribution in [1.29, 1.82) is 0 Å². The third kappa shape index (κ3) is 6.23. The van der Waals surface area contributed by atoms with E-state index in [1.165, 1.54) is 0 Å². The second-order valence-corrected chi connectivity index (χ2v) is 15.6. The smallest absolute Gasteiger partial charge is 0.160 e. The Kier molecular flexibility index (Phi) is 8.42. The second kappa shape index (κ2) is 14.7. The van der Waals surface area contributed by atoms with Gasteiger partial charge in [0, 0.05) is 56.2 Å². The van der Waals surface area contributed by atoms with Crippen LogP contribution in [0, 0.1) is 0 Å². The van der Waals surface area contributed by atoms with Crippen LogP contribution in [0.5, 0.6) is 0 Å². The summed E-state index contributed by atoms with van der Waals surface area (Å²) in [5, 5.41) is 4.38. The Morgan fingerprint density at radius 3 is 1.56 bits per heavy atom. The highest BCUT2D eigenvalue weighted by Crippen LogP contribution is 2.43. The Hall–Kier alpha value is -8.41. The number of benzene rings is 8. The van der Waals surface area contributed by atoms with Crippen LogP contribution < -0.4 is 0 Å². The monoisotopic (exact) mass is 793 g/mol. The Labute approximate surface area is 357 Å². The first-order valence-corrected chi connectivity index (χ1v) is 20.7. The Morgan fingerprint density at radius 2 is 0.855 bits per heavy atom. The molecular weight excluding hydrogens is 759 g/mol. The average molecular weight is 794 g/mol. The molecule has 0 fully saturated rings. The maximum atomic E-state index is 6.68.